The molecule has 1 saturated carbocycles. The van der Waals surface area contributed by atoms with Crippen molar-refractivity contribution in [1.29, 1.82) is 0 Å². The second-order valence-corrected chi connectivity index (χ2v) is 5.34. The third-order valence-corrected chi connectivity index (χ3v) is 4.08. The molecular formula is C16H21NO2. The third-order valence-electron chi connectivity index (χ3n) is 4.08. The normalized spacial score (nSPS) is 27.2. The summed E-state index contributed by atoms with van der Waals surface area (Å²) in [6.07, 6.45) is 4.30. The standard InChI is InChI=1S/C16H21NO2/c1-13-7-8-15(16(13)18-9-10-19-16)12-17-11-14-5-3-2-4-6-14/h2-6,12-13,17H,7-11H2,1H3/b15-12+. The fraction of sp³-hybridized carbons (Fsp3) is 0.500. The van der Waals surface area contributed by atoms with Crippen molar-refractivity contribution in [2.24, 2.45) is 5.92 Å². The Morgan fingerprint density at radius 3 is 2.74 bits per heavy atom. The Bertz CT molecular complexity index is 449. The van der Waals surface area contributed by atoms with Gasteiger partial charge in [0.15, 0.2) is 5.79 Å². The van der Waals surface area contributed by atoms with Gasteiger partial charge in [-0.15, -0.1) is 0 Å². The molecular weight excluding hydrogens is 238 g/mol. The Morgan fingerprint density at radius 1 is 1.26 bits per heavy atom. The molecule has 1 aromatic rings. The van der Waals surface area contributed by atoms with Gasteiger partial charge in [-0.25, -0.2) is 0 Å². The monoisotopic (exact) mass is 259 g/mol. The summed E-state index contributed by atoms with van der Waals surface area (Å²) in [4.78, 5) is 0. The molecule has 0 bridgehead atoms. The van der Waals surface area contributed by atoms with E-state index in [9.17, 15) is 0 Å². The molecule has 0 radical (unpaired) electrons. The Balaban J connectivity index is 1.66. The minimum Gasteiger partial charge on any atom is -0.387 e. The van der Waals surface area contributed by atoms with E-state index in [-0.39, 0.29) is 0 Å². The van der Waals surface area contributed by atoms with Crippen LogP contribution in [0.4, 0.5) is 0 Å². The quantitative estimate of drug-likeness (QED) is 0.905. The summed E-state index contributed by atoms with van der Waals surface area (Å²) < 4.78 is 11.8. The topological polar surface area (TPSA) is 30.5 Å². The summed E-state index contributed by atoms with van der Waals surface area (Å²) in [7, 11) is 0. The van der Waals surface area contributed by atoms with Gasteiger partial charge >= 0.3 is 0 Å². The van der Waals surface area contributed by atoms with Crippen molar-refractivity contribution in [2.75, 3.05) is 13.2 Å². The highest BCUT2D eigenvalue weighted by Crippen LogP contribution is 2.45. The molecule has 1 N–H and O–H groups in total. The second-order valence-electron chi connectivity index (χ2n) is 5.34. The fourth-order valence-electron chi connectivity index (χ4n) is 3.01. The molecule has 1 spiro atoms. The smallest absolute Gasteiger partial charge is 0.195 e. The maximum absolute atomic E-state index is 5.90. The van der Waals surface area contributed by atoms with Gasteiger partial charge < -0.3 is 14.8 Å². The van der Waals surface area contributed by atoms with Crippen LogP contribution >= 0.6 is 0 Å². The molecule has 2 fully saturated rings. The van der Waals surface area contributed by atoms with E-state index < -0.39 is 5.79 Å². The maximum Gasteiger partial charge on any atom is 0.195 e. The molecule has 1 heterocycles. The third kappa shape index (κ3) is 2.40. The lowest BCUT2D eigenvalue weighted by Crippen LogP contribution is -2.35. The van der Waals surface area contributed by atoms with Gasteiger partial charge in [0, 0.05) is 24.2 Å². The maximum atomic E-state index is 5.90. The number of nitrogens with one attached hydrogen (secondary N) is 1. The van der Waals surface area contributed by atoms with Gasteiger partial charge in [-0.1, -0.05) is 37.3 Å². The van der Waals surface area contributed by atoms with Crippen LogP contribution < -0.4 is 5.32 Å². The van der Waals surface area contributed by atoms with Crippen LogP contribution in [0.2, 0.25) is 0 Å². The van der Waals surface area contributed by atoms with Crippen LogP contribution in [0.3, 0.4) is 0 Å². The summed E-state index contributed by atoms with van der Waals surface area (Å²) in [6.45, 7) is 4.47. The van der Waals surface area contributed by atoms with Gasteiger partial charge in [0.1, 0.15) is 0 Å². The van der Waals surface area contributed by atoms with E-state index >= 15 is 0 Å². The SMILES string of the molecule is CC1CC/C(=C\NCc2ccccc2)C12OCCO2. The lowest BCUT2D eigenvalue weighted by molar-refractivity contribution is -0.148. The molecule has 0 amide bonds. The zero-order chi connectivity index (χ0) is 13.1. The van der Waals surface area contributed by atoms with Crippen molar-refractivity contribution < 1.29 is 9.47 Å². The number of hydrogen-bond acceptors (Lipinski definition) is 3. The summed E-state index contributed by atoms with van der Waals surface area (Å²) in [5.74, 6) is 0.00345. The van der Waals surface area contributed by atoms with E-state index in [1.165, 1.54) is 11.1 Å². The zero-order valence-electron chi connectivity index (χ0n) is 11.4. The Labute approximate surface area is 114 Å². The molecule has 1 aliphatic heterocycles. The first-order chi connectivity index (χ1) is 9.31. The largest absolute Gasteiger partial charge is 0.387 e. The Hall–Kier alpha value is -1.32. The summed E-state index contributed by atoms with van der Waals surface area (Å²) in [6, 6.07) is 10.4. The van der Waals surface area contributed by atoms with E-state index in [1.807, 2.05) is 6.07 Å². The highest BCUT2D eigenvalue weighted by molar-refractivity contribution is 5.21. The second kappa shape index (κ2) is 5.35. The van der Waals surface area contributed by atoms with Crippen molar-refractivity contribution >= 4 is 0 Å². The molecule has 2 aliphatic rings. The van der Waals surface area contributed by atoms with Crippen LogP contribution in [0, 0.1) is 5.92 Å². The zero-order valence-corrected chi connectivity index (χ0v) is 11.4. The van der Waals surface area contributed by atoms with Gasteiger partial charge in [0.25, 0.3) is 0 Å². The van der Waals surface area contributed by atoms with Gasteiger partial charge in [0.05, 0.1) is 13.2 Å². The lowest BCUT2D eigenvalue weighted by Gasteiger charge is -2.28. The molecule has 3 heteroatoms. The van der Waals surface area contributed by atoms with Crippen LogP contribution in [-0.2, 0) is 16.0 Å². The highest BCUT2D eigenvalue weighted by atomic mass is 16.7. The minimum atomic E-state index is -0.441. The molecule has 1 atom stereocenters. The molecule has 19 heavy (non-hydrogen) atoms. The van der Waals surface area contributed by atoms with Gasteiger partial charge in [-0.3, -0.25) is 0 Å². The average molecular weight is 259 g/mol. The molecule has 3 nitrogen and oxygen atoms in total. The minimum absolute atomic E-state index is 0.441. The van der Waals surface area contributed by atoms with Crippen molar-refractivity contribution in [2.45, 2.75) is 32.1 Å². The van der Waals surface area contributed by atoms with Crippen LogP contribution in [0.1, 0.15) is 25.3 Å². The van der Waals surface area contributed by atoms with E-state index in [2.05, 4.69) is 42.7 Å². The van der Waals surface area contributed by atoms with Gasteiger partial charge in [0.2, 0.25) is 0 Å². The summed E-state index contributed by atoms with van der Waals surface area (Å²) in [5.41, 5.74) is 2.54. The summed E-state index contributed by atoms with van der Waals surface area (Å²) in [5, 5.41) is 3.39. The average Bonchev–Trinajstić information content (AvgIpc) is 3.04. The molecule has 1 aliphatic carbocycles. The van der Waals surface area contributed by atoms with Crippen molar-refractivity contribution in [3.63, 3.8) is 0 Å². The molecule has 3 rings (SSSR count). The van der Waals surface area contributed by atoms with Crippen LogP contribution in [-0.4, -0.2) is 19.0 Å². The molecule has 1 saturated heterocycles. The number of hydrogen-bond donors (Lipinski definition) is 1. The lowest BCUT2D eigenvalue weighted by atomic mass is 10.0. The van der Waals surface area contributed by atoms with Crippen LogP contribution in [0.15, 0.2) is 42.1 Å². The first-order valence-corrected chi connectivity index (χ1v) is 7.06. The van der Waals surface area contributed by atoms with E-state index in [0.29, 0.717) is 19.1 Å². The Morgan fingerprint density at radius 2 is 2.00 bits per heavy atom. The Kier molecular flexibility index (Phi) is 3.58. The predicted molar refractivity (Wildman–Crippen MR) is 74.4 cm³/mol. The van der Waals surface area contributed by atoms with E-state index in [0.717, 1.165) is 19.4 Å². The van der Waals surface area contributed by atoms with Crippen molar-refractivity contribution in [3.8, 4) is 0 Å². The van der Waals surface area contributed by atoms with Crippen LogP contribution in [0.25, 0.3) is 0 Å². The van der Waals surface area contributed by atoms with E-state index in [4.69, 9.17) is 9.47 Å². The number of ether oxygens (including phenoxy) is 2. The molecule has 1 unspecified atom stereocenters. The molecule has 0 aromatic heterocycles. The number of benzene rings is 1. The first kappa shape index (κ1) is 12.7. The van der Waals surface area contributed by atoms with Gasteiger partial charge in [-0.05, 0) is 18.4 Å². The molecule has 102 valence electrons. The van der Waals surface area contributed by atoms with Gasteiger partial charge in [-0.2, -0.15) is 0 Å². The number of rotatable bonds is 3. The van der Waals surface area contributed by atoms with Crippen molar-refractivity contribution in [3.05, 3.63) is 47.7 Å². The summed E-state index contributed by atoms with van der Waals surface area (Å²) >= 11 is 0. The van der Waals surface area contributed by atoms with E-state index in [1.54, 1.807) is 0 Å². The van der Waals surface area contributed by atoms with Crippen LogP contribution in [0.5, 0.6) is 0 Å². The van der Waals surface area contributed by atoms with Crippen molar-refractivity contribution in [1.82, 2.24) is 5.32 Å². The highest BCUT2D eigenvalue weighted by Gasteiger charge is 2.49. The predicted octanol–water partition coefficient (Wildman–Crippen LogP) is 2.83. The fourth-order valence-corrected chi connectivity index (χ4v) is 3.01. The molecule has 1 aromatic carbocycles. The first-order valence-electron chi connectivity index (χ1n) is 7.06.